The number of rotatable bonds is 7. The molecule has 27 heavy (non-hydrogen) atoms. The van der Waals surface area contributed by atoms with Gasteiger partial charge in [0.1, 0.15) is 0 Å². The van der Waals surface area contributed by atoms with Gasteiger partial charge in [-0.15, -0.1) is 16.9 Å². The quantitative estimate of drug-likeness (QED) is 0.495. The number of anilines is 3. The topological polar surface area (TPSA) is 91.4 Å². The second-order valence-corrected chi connectivity index (χ2v) is 6.82. The molecule has 1 saturated heterocycles. The molecule has 1 fully saturated rings. The number of aromatic nitrogens is 2. The average Bonchev–Trinajstić information content (AvgIpc) is 2.72. The molecule has 0 bridgehead atoms. The predicted molar refractivity (Wildman–Crippen MR) is 109 cm³/mol. The summed E-state index contributed by atoms with van der Waals surface area (Å²) in [5, 5.41) is 17.0. The van der Waals surface area contributed by atoms with Crippen molar-refractivity contribution in [1.82, 2.24) is 15.5 Å². The SMILES string of the molecule is CSc1cccc(NC(=O)NCCNc2cc(N3CCOCC3)cnn2)c1. The van der Waals surface area contributed by atoms with Crippen LogP contribution in [0.15, 0.2) is 41.4 Å². The molecule has 2 heterocycles. The zero-order valence-corrected chi connectivity index (χ0v) is 16.1. The van der Waals surface area contributed by atoms with Crippen LogP contribution in [0.25, 0.3) is 0 Å². The number of urea groups is 1. The van der Waals surface area contributed by atoms with Crippen molar-refractivity contribution in [3.05, 3.63) is 36.5 Å². The summed E-state index contributed by atoms with van der Waals surface area (Å²) in [4.78, 5) is 15.3. The van der Waals surface area contributed by atoms with Crippen LogP contribution in [0.5, 0.6) is 0 Å². The van der Waals surface area contributed by atoms with Gasteiger partial charge in [-0.05, 0) is 24.5 Å². The van der Waals surface area contributed by atoms with E-state index >= 15 is 0 Å². The summed E-state index contributed by atoms with van der Waals surface area (Å²) in [6, 6.07) is 9.46. The number of benzene rings is 1. The van der Waals surface area contributed by atoms with E-state index < -0.39 is 0 Å². The van der Waals surface area contributed by atoms with Crippen LogP contribution >= 0.6 is 11.8 Å². The Bertz CT molecular complexity index is 754. The number of hydrogen-bond acceptors (Lipinski definition) is 7. The largest absolute Gasteiger partial charge is 0.378 e. The molecule has 0 atom stereocenters. The third-order valence-electron chi connectivity index (χ3n) is 4.06. The lowest BCUT2D eigenvalue weighted by Gasteiger charge is -2.28. The number of carbonyl (C=O) groups is 1. The minimum Gasteiger partial charge on any atom is -0.378 e. The summed E-state index contributed by atoms with van der Waals surface area (Å²) < 4.78 is 5.37. The second-order valence-electron chi connectivity index (χ2n) is 5.94. The van der Waals surface area contributed by atoms with Crippen LogP contribution in [-0.2, 0) is 4.74 Å². The van der Waals surface area contributed by atoms with Gasteiger partial charge >= 0.3 is 6.03 Å². The van der Waals surface area contributed by atoms with Crippen LogP contribution in [0.4, 0.5) is 22.0 Å². The Morgan fingerprint density at radius 3 is 2.93 bits per heavy atom. The fourth-order valence-corrected chi connectivity index (χ4v) is 3.14. The summed E-state index contributed by atoms with van der Waals surface area (Å²) in [7, 11) is 0. The number of carbonyl (C=O) groups excluding carboxylic acids is 1. The Hall–Kier alpha value is -2.52. The molecule has 3 rings (SSSR count). The molecule has 8 nitrogen and oxygen atoms in total. The lowest BCUT2D eigenvalue weighted by atomic mass is 10.3. The third-order valence-corrected chi connectivity index (χ3v) is 4.79. The predicted octanol–water partition coefficient (Wildman–Crippen LogP) is 2.27. The van der Waals surface area contributed by atoms with Crippen molar-refractivity contribution in [2.75, 3.05) is 61.2 Å². The number of morpholine rings is 1. The molecule has 0 spiro atoms. The molecular weight excluding hydrogens is 364 g/mol. The molecule has 0 aliphatic carbocycles. The standard InChI is InChI=1S/C18H24N6O2S/c1-27-16-4-2-3-14(11-16)22-18(25)20-6-5-19-17-12-15(13-21-23-17)24-7-9-26-10-8-24/h2-4,11-13H,5-10H2,1H3,(H,19,23)(H2,20,22,25). The molecule has 1 aliphatic heterocycles. The van der Waals surface area contributed by atoms with E-state index in [1.165, 1.54) is 0 Å². The molecule has 1 aliphatic rings. The van der Waals surface area contributed by atoms with Gasteiger partial charge in [0.25, 0.3) is 0 Å². The van der Waals surface area contributed by atoms with Crippen LogP contribution in [0.1, 0.15) is 0 Å². The number of hydrogen-bond donors (Lipinski definition) is 3. The van der Waals surface area contributed by atoms with Crippen LogP contribution in [-0.4, -0.2) is 61.9 Å². The van der Waals surface area contributed by atoms with Gasteiger partial charge in [-0.3, -0.25) is 0 Å². The Morgan fingerprint density at radius 1 is 1.26 bits per heavy atom. The van der Waals surface area contributed by atoms with Crippen molar-refractivity contribution < 1.29 is 9.53 Å². The van der Waals surface area contributed by atoms with Gasteiger partial charge in [-0.2, -0.15) is 5.10 Å². The zero-order valence-electron chi connectivity index (χ0n) is 15.3. The van der Waals surface area contributed by atoms with Crippen molar-refractivity contribution in [3.63, 3.8) is 0 Å². The van der Waals surface area contributed by atoms with Gasteiger partial charge in [-0.1, -0.05) is 6.07 Å². The highest BCUT2D eigenvalue weighted by molar-refractivity contribution is 7.98. The first-order chi connectivity index (χ1) is 13.2. The first-order valence-corrected chi connectivity index (χ1v) is 10.1. The fraction of sp³-hybridized carbons (Fsp3) is 0.389. The Morgan fingerprint density at radius 2 is 2.11 bits per heavy atom. The molecule has 0 radical (unpaired) electrons. The van der Waals surface area contributed by atoms with Crippen molar-refractivity contribution in [3.8, 4) is 0 Å². The Kier molecular flexibility index (Phi) is 7.11. The van der Waals surface area contributed by atoms with Gasteiger partial charge in [-0.25, -0.2) is 4.79 Å². The Labute approximate surface area is 163 Å². The Balaban J connectivity index is 1.41. The molecular formula is C18H24N6O2S. The van der Waals surface area contributed by atoms with Gasteiger partial charge in [0.05, 0.1) is 25.1 Å². The average molecular weight is 388 g/mol. The van der Waals surface area contributed by atoms with E-state index in [0.717, 1.165) is 42.6 Å². The van der Waals surface area contributed by atoms with Gasteiger partial charge in [0.15, 0.2) is 5.82 Å². The zero-order chi connectivity index (χ0) is 18.9. The molecule has 144 valence electrons. The minimum atomic E-state index is -0.233. The van der Waals surface area contributed by atoms with E-state index in [2.05, 4.69) is 31.0 Å². The first-order valence-electron chi connectivity index (χ1n) is 8.83. The summed E-state index contributed by atoms with van der Waals surface area (Å²) >= 11 is 1.64. The van der Waals surface area contributed by atoms with Gasteiger partial charge in [0, 0.05) is 42.8 Å². The molecule has 2 amide bonds. The van der Waals surface area contributed by atoms with E-state index in [1.54, 1.807) is 18.0 Å². The maximum absolute atomic E-state index is 12.0. The third kappa shape index (κ3) is 6.00. The number of ether oxygens (including phenoxy) is 1. The highest BCUT2D eigenvalue weighted by Crippen LogP contribution is 2.19. The summed E-state index contributed by atoms with van der Waals surface area (Å²) in [5.74, 6) is 0.689. The summed E-state index contributed by atoms with van der Waals surface area (Å²) in [5.41, 5.74) is 1.80. The monoisotopic (exact) mass is 388 g/mol. The number of amides is 2. The maximum atomic E-state index is 12.0. The molecule has 0 unspecified atom stereocenters. The van der Waals surface area contributed by atoms with Crippen molar-refractivity contribution >= 4 is 35.0 Å². The van der Waals surface area contributed by atoms with E-state index in [4.69, 9.17) is 4.74 Å². The fourth-order valence-electron chi connectivity index (χ4n) is 2.68. The van der Waals surface area contributed by atoms with E-state index in [1.807, 2.05) is 36.6 Å². The van der Waals surface area contributed by atoms with Crippen LogP contribution in [0, 0.1) is 0 Å². The summed E-state index contributed by atoms with van der Waals surface area (Å²) in [6.07, 6.45) is 3.76. The highest BCUT2D eigenvalue weighted by atomic mass is 32.2. The van der Waals surface area contributed by atoms with Crippen molar-refractivity contribution in [1.29, 1.82) is 0 Å². The smallest absolute Gasteiger partial charge is 0.319 e. The van der Waals surface area contributed by atoms with Crippen molar-refractivity contribution in [2.24, 2.45) is 0 Å². The van der Waals surface area contributed by atoms with Crippen LogP contribution < -0.4 is 20.9 Å². The number of thioether (sulfide) groups is 1. The van der Waals surface area contributed by atoms with Gasteiger partial charge < -0.3 is 25.6 Å². The molecule has 1 aromatic heterocycles. The minimum absolute atomic E-state index is 0.233. The highest BCUT2D eigenvalue weighted by Gasteiger charge is 2.12. The van der Waals surface area contributed by atoms with Crippen LogP contribution in [0.3, 0.4) is 0 Å². The lowest BCUT2D eigenvalue weighted by Crippen LogP contribution is -2.36. The first kappa shape index (κ1) is 19.2. The van der Waals surface area contributed by atoms with Crippen LogP contribution in [0.2, 0.25) is 0 Å². The van der Waals surface area contributed by atoms with Crippen molar-refractivity contribution in [2.45, 2.75) is 4.90 Å². The number of nitrogens with one attached hydrogen (secondary N) is 3. The molecule has 9 heteroatoms. The molecule has 0 saturated carbocycles. The normalized spacial score (nSPS) is 13.9. The summed E-state index contributed by atoms with van der Waals surface area (Å²) in [6.45, 7) is 4.18. The molecule has 1 aromatic carbocycles. The maximum Gasteiger partial charge on any atom is 0.319 e. The molecule has 3 N–H and O–H groups in total. The van der Waals surface area contributed by atoms with E-state index in [-0.39, 0.29) is 6.03 Å². The lowest BCUT2D eigenvalue weighted by molar-refractivity contribution is 0.122. The van der Waals surface area contributed by atoms with E-state index in [9.17, 15) is 4.79 Å². The van der Waals surface area contributed by atoms with Gasteiger partial charge in [0.2, 0.25) is 0 Å². The molecule has 2 aromatic rings. The second kappa shape index (κ2) is 9.98. The van der Waals surface area contributed by atoms with E-state index in [0.29, 0.717) is 18.9 Å². The number of nitrogens with zero attached hydrogens (tertiary/aromatic N) is 3.